The fourth-order valence-electron chi connectivity index (χ4n) is 1.45. The number of hydrogen-bond donors (Lipinski definition) is 0. The molecular formula is C10H9Cl3N2O3. The number of aromatic nitrogens is 2. The lowest BCUT2D eigenvalue weighted by Crippen LogP contribution is -2.31. The van der Waals surface area contributed by atoms with E-state index in [1.807, 2.05) is 0 Å². The smallest absolute Gasteiger partial charge is 0.347 e. The van der Waals surface area contributed by atoms with E-state index >= 15 is 0 Å². The van der Waals surface area contributed by atoms with E-state index in [9.17, 15) is 4.79 Å². The molecule has 0 bridgehead atoms. The molecule has 18 heavy (non-hydrogen) atoms. The number of halogens is 3. The molecule has 1 saturated carbocycles. The van der Waals surface area contributed by atoms with Crippen LogP contribution in [-0.4, -0.2) is 29.2 Å². The topological polar surface area (TPSA) is 61.3 Å². The number of methoxy groups -OCH3 is 1. The first-order valence-electron chi connectivity index (χ1n) is 5.16. The fraction of sp³-hybridized carbons (Fsp3) is 0.500. The summed E-state index contributed by atoms with van der Waals surface area (Å²) in [4.78, 5) is 19.0. The van der Waals surface area contributed by atoms with Gasteiger partial charge in [0.2, 0.25) is 5.28 Å². The summed E-state index contributed by atoms with van der Waals surface area (Å²) in [6.45, 7) is 0. The molecule has 5 nitrogen and oxygen atoms in total. The predicted octanol–water partition coefficient (Wildman–Crippen LogP) is 2.77. The highest BCUT2D eigenvalue weighted by Crippen LogP contribution is 2.38. The lowest BCUT2D eigenvalue weighted by molar-refractivity contribution is -0.149. The Labute approximate surface area is 118 Å². The Morgan fingerprint density at radius 3 is 2.28 bits per heavy atom. The van der Waals surface area contributed by atoms with E-state index in [0.717, 1.165) is 12.8 Å². The second-order valence-corrected chi connectivity index (χ2v) is 4.86. The molecule has 98 valence electrons. The van der Waals surface area contributed by atoms with Gasteiger partial charge >= 0.3 is 5.97 Å². The van der Waals surface area contributed by atoms with Crippen molar-refractivity contribution in [1.82, 2.24) is 9.97 Å². The Balaban J connectivity index is 2.24. The monoisotopic (exact) mass is 310 g/mol. The van der Waals surface area contributed by atoms with Gasteiger partial charge in [0.15, 0.2) is 22.2 Å². The van der Waals surface area contributed by atoms with Gasteiger partial charge in [0.1, 0.15) is 0 Å². The molecule has 0 amide bonds. The van der Waals surface area contributed by atoms with Crippen LogP contribution in [0.3, 0.4) is 0 Å². The van der Waals surface area contributed by atoms with Crippen molar-refractivity contribution in [2.45, 2.75) is 18.9 Å². The maximum absolute atomic E-state index is 11.6. The van der Waals surface area contributed by atoms with Crippen molar-refractivity contribution < 1.29 is 14.3 Å². The lowest BCUT2D eigenvalue weighted by atomic mass is 10.2. The van der Waals surface area contributed by atoms with Crippen molar-refractivity contribution in [2.24, 2.45) is 5.92 Å². The van der Waals surface area contributed by atoms with Crippen LogP contribution in [0.5, 0.6) is 5.75 Å². The Kier molecular flexibility index (Phi) is 4.14. The van der Waals surface area contributed by atoms with Gasteiger partial charge in [-0.2, -0.15) is 0 Å². The molecule has 1 aliphatic rings. The third-order valence-electron chi connectivity index (χ3n) is 2.48. The minimum absolute atomic E-state index is 0.0328. The van der Waals surface area contributed by atoms with E-state index in [-0.39, 0.29) is 27.3 Å². The number of rotatable bonds is 4. The Morgan fingerprint density at radius 2 is 1.83 bits per heavy atom. The first-order chi connectivity index (χ1) is 8.52. The molecule has 1 heterocycles. The van der Waals surface area contributed by atoms with Crippen LogP contribution in [0.15, 0.2) is 0 Å². The van der Waals surface area contributed by atoms with E-state index in [1.54, 1.807) is 0 Å². The van der Waals surface area contributed by atoms with Crippen LogP contribution in [0.1, 0.15) is 12.8 Å². The molecule has 8 heteroatoms. The summed E-state index contributed by atoms with van der Waals surface area (Å²) in [5, 5.41) is -0.150. The first kappa shape index (κ1) is 13.6. The number of hydrogen-bond acceptors (Lipinski definition) is 5. The average molecular weight is 312 g/mol. The molecule has 0 aromatic carbocycles. The van der Waals surface area contributed by atoms with Crippen LogP contribution in [0.2, 0.25) is 15.6 Å². The van der Waals surface area contributed by atoms with Crippen molar-refractivity contribution in [2.75, 3.05) is 7.11 Å². The van der Waals surface area contributed by atoms with Crippen LogP contribution < -0.4 is 4.74 Å². The normalized spacial score (nSPS) is 16.2. The van der Waals surface area contributed by atoms with Crippen LogP contribution in [-0.2, 0) is 9.53 Å². The summed E-state index contributed by atoms with van der Waals surface area (Å²) in [7, 11) is 1.29. The molecule has 0 spiro atoms. The molecule has 0 N–H and O–H groups in total. The zero-order valence-corrected chi connectivity index (χ0v) is 11.6. The average Bonchev–Trinajstić information content (AvgIpc) is 3.11. The van der Waals surface area contributed by atoms with Crippen molar-refractivity contribution in [3.63, 3.8) is 0 Å². The summed E-state index contributed by atoms with van der Waals surface area (Å²) in [5.41, 5.74) is 0. The molecule has 2 rings (SSSR count). The van der Waals surface area contributed by atoms with Gasteiger partial charge in [-0.1, -0.05) is 23.2 Å². The number of nitrogens with zero attached hydrogens (tertiary/aromatic N) is 2. The third-order valence-corrected chi connectivity index (χ3v) is 3.17. The zero-order chi connectivity index (χ0) is 13.3. The van der Waals surface area contributed by atoms with Gasteiger partial charge < -0.3 is 9.47 Å². The predicted molar refractivity (Wildman–Crippen MR) is 66.2 cm³/mol. The van der Waals surface area contributed by atoms with Gasteiger partial charge in [0.05, 0.1) is 7.11 Å². The maximum atomic E-state index is 11.6. The highest BCUT2D eigenvalue weighted by atomic mass is 35.5. The van der Waals surface area contributed by atoms with Crippen LogP contribution in [0, 0.1) is 5.92 Å². The minimum atomic E-state index is -0.741. The van der Waals surface area contributed by atoms with Gasteiger partial charge in [-0.15, -0.1) is 0 Å². The molecule has 1 fully saturated rings. The number of carbonyl (C=O) groups is 1. The molecule has 0 aliphatic heterocycles. The SMILES string of the molecule is COC(=O)C(Oc1c(Cl)nc(Cl)nc1Cl)C1CC1. The van der Waals surface area contributed by atoms with Gasteiger partial charge in [-0.05, 0) is 24.4 Å². The molecule has 0 radical (unpaired) electrons. The van der Waals surface area contributed by atoms with E-state index in [1.165, 1.54) is 7.11 Å². The summed E-state index contributed by atoms with van der Waals surface area (Å²) in [5.74, 6) is -0.315. The van der Waals surface area contributed by atoms with Crippen molar-refractivity contribution in [3.8, 4) is 5.75 Å². The largest absolute Gasteiger partial charge is 0.472 e. The van der Waals surface area contributed by atoms with Crippen LogP contribution in [0.4, 0.5) is 0 Å². The summed E-state index contributed by atoms with van der Waals surface area (Å²) in [6.07, 6.45) is 1.04. The summed E-state index contributed by atoms with van der Waals surface area (Å²) >= 11 is 17.3. The van der Waals surface area contributed by atoms with Crippen LogP contribution >= 0.6 is 34.8 Å². The Morgan fingerprint density at radius 1 is 1.28 bits per heavy atom. The molecule has 1 aliphatic carbocycles. The number of carbonyl (C=O) groups excluding carboxylic acids is 1. The van der Waals surface area contributed by atoms with E-state index < -0.39 is 12.1 Å². The zero-order valence-electron chi connectivity index (χ0n) is 9.32. The quantitative estimate of drug-likeness (QED) is 0.486. The molecule has 1 aromatic rings. The van der Waals surface area contributed by atoms with E-state index in [2.05, 4.69) is 14.7 Å². The summed E-state index contributed by atoms with van der Waals surface area (Å²) < 4.78 is 10.2. The van der Waals surface area contributed by atoms with Crippen LogP contribution in [0.25, 0.3) is 0 Å². The molecule has 0 saturated heterocycles. The van der Waals surface area contributed by atoms with Crippen molar-refractivity contribution in [1.29, 1.82) is 0 Å². The van der Waals surface area contributed by atoms with Gasteiger partial charge in [0, 0.05) is 5.92 Å². The van der Waals surface area contributed by atoms with Gasteiger partial charge in [-0.25, -0.2) is 14.8 Å². The van der Waals surface area contributed by atoms with E-state index in [4.69, 9.17) is 39.5 Å². The molecular weight excluding hydrogens is 302 g/mol. The number of ether oxygens (including phenoxy) is 2. The van der Waals surface area contributed by atoms with Crippen molar-refractivity contribution >= 4 is 40.8 Å². The lowest BCUT2D eigenvalue weighted by Gasteiger charge is -2.17. The molecule has 1 aromatic heterocycles. The summed E-state index contributed by atoms with van der Waals surface area (Å²) in [6, 6.07) is 0. The second kappa shape index (κ2) is 5.47. The maximum Gasteiger partial charge on any atom is 0.347 e. The van der Waals surface area contributed by atoms with Gasteiger partial charge in [0.25, 0.3) is 0 Å². The highest BCUT2D eigenvalue weighted by Gasteiger charge is 2.40. The van der Waals surface area contributed by atoms with Gasteiger partial charge in [-0.3, -0.25) is 0 Å². The Hall–Kier alpha value is -0.780. The molecule has 1 atom stereocenters. The first-order valence-corrected chi connectivity index (χ1v) is 6.29. The van der Waals surface area contributed by atoms with E-state index in [0.29, 0.717) is 0 Å². The standard InChI is InChI=1S/C10H9Cl3N2O3/c1-17-9(16)5(4-2-3-4)18-6-7(11)14-10(13)15-8(6)12/h4-5H,2-3H2,1H3. The number of esters is 1. The van der Waals surface area contributed by atoms with Crippen molar-refractivity contribution in [3.05, 3.63) is 15.6 Å². The third kappa shape index (κ3) is 2.96. The highest BCUT2D eigenvalue weighted by molar-refractivity contribution is 6.37. The minimum Gasteiger partial charge on any atom is -0.472 e. The Bertz CT molecular complexity index is 456. The second-order valence-electron chi connectivity index (χ2n) is 3.80. The fourth-order valence-corrected chi connectivity index (χ4v) is 2.18. The molecule has 1 unspecified atom stereocenters.